The Balaban J connectivity index is 1.79. The van der Waals surface area contributed by atoms with E-state index in [0.717, 1.165) is 11.3 Å². The number of carbonyl (C=O) groups excluding carboxylic acids is 1. The van der Waals surface area contributed by atoms with Gasteiger partial charge in [0.05, 0.1) is 0 Å². The van der Waals surface area contributed by atoms with Gasteiger partial charge in [0.1, 0.15) is 23.7 Å². The molecule has 5 nitrogen and oxygen atoms in total. The molecular formula is C20H19FN4O. The van der Waals surface area contributed by atoms with Gasteiger partial charge in [-0.3, -0.25) is 4.79 Å². The van der Waals surface area contributed by atoms with Crippen LogP contribution in [0.25, 0.3) is 0 Å². The van der Waals surface area contributed by atoms with Crippen LogP contribution in [0.3, 0.4) is 0 Å². The highest BCUT2D eigenvalue weighted by atomic mass is 19.1. The van der Waals surface area contributed by atoms with Crippen molar-refractivity contribution in [1.82, 2.24) is 9.97 Å². The van der Waals surface area contributed by atoms with Crippen molar-refractivity contribution in [3.8, 4) is 0 Å². The standard InChI is InChI=1S/C20H19FN4O/c1-13(2)16-8-3-4-9-17(16)25-20(26)18-11-19(23-12-22-18)24-15-7-5-6-14(21)10-15/h3-13H,1-2H3,(H,25,26)(H,22,23,24). The summed E-state index contributed by atoms with van der Waals surface area (Å²) in [6.45, 7) is 4.13. The van der Waals surface area contributed by atoms with Crippen LogP contribution in [-0.2, 0) is 0 Å². The van der Waals surface area contributed by atoms with Gasteiger partial charge in [-0.25, -0.2) is 14.4 Å². The Labute approximate surface area is 151 Å². The van der Waals surface area contributed by atoms with Crippen molar-refractivity contribution >= 4 is 23.1 Å². The van der Waals surface area contributed by atoms with Crippen LogP contribution in [0.5, 0.6) is 0 Å². The minimum Gasteiger partial charge on any atom is -0.340 e. The zero-order valence-electron chi connectivity index (χ0n) is 14.5. The molecule has 0 atom stereocenters. The lowest BCUT2D eigenvalue weighted by molar-refractivity contribution is 0.102. The summed E-state index contributed by atoms with van der Waals surface area (Å²) < 4.78 is 13.3. The van der Waals surface area contributed by atoms with Crippen molar-refractivity contribution in [2.75, 3.05) is 10.6 Å². The molecule has 0 spiro atoms. The third kappa shape index (κ3) is 4.22. The number of hydrogen-bond acceptors (Lipinski definition) is 4. The van der Waals surface area contributed by atoms with E-state index in [2.05, 4.69) is 34.4 Å². The molecule has 0 saturated carbocycles. The van der Waals surface area contributed by atoms with Gasteiger partial charge in [-0.2, -0.15) is 0 Å². The maximum absolute atomic E-state index is 13.3. The SMILES string of the molecule is CC(C)c1ccccc1NC(=O)c1cc(Nc2cccc(F)c2)ncn1. The third-order valence-corrected chi connectivity index (χ3v) is 3.83. The molecule has 0 fully saturated rings. The average Bonchev–Trinajstić information content (AvgIpc) is 2.62. The summed E-state index contributed by atoms with van der Waals surface area (Å²) in [5, 5.41) is 5.85. The predicted octanol–water partition coefficient (Wildman–Crippen LogP) is 4.74. The minimum atomic E-state index is -0.354. The Bertz CT molecular complexity index is 927. The molecule has 1 amide bonds. The highest BCUT2D eigenvalue weighted by Gasteiger charge is 2.13. The number of para-hydroxylation sites is 1. The van der Waals surface area contributed by atoms with E-state index in [0.29, 0.717) is 11.5 Å². The van der Waals surface area contributed by atoms with E-state index in [1.54, 1.807) is 12.1 Å². The van der Waals surface area contributed by atoms with Gasteiger partial charge in [0.2, 0.25) is 0 Å². The largest absolute Gasteiger partial charge is 0.340 e. The highest BCUT2D eigenvalue weighted by Crippen LogP contribution is 2.24. The zero-order chi connectivity index (χ0) is 18.5. The van der Waals surface area contributed by atoms with Crippen molar-refractivity contribution in [2.24, 2.45) is 0 Å². The Kier molecular flexibility index (Phi) is 5.22. The van der Waals surface area contributed by atoms with Crippen molar-refractivity contribution in [2.45, 2.75) is 19.8 Å². The quantitative estimate of drug-likeness (QED) is 0.698. The maximum atomic E-state index is 13.3. The van der Waals surface area contributed by atoms with E-state index in [1.165, 1.54) is 24.5 Å². The monoisotopic (exact) mass is 350 g/mol. The number of nitrogens with one attached hydrogen (secondary N) is 2. The van der Waals surface area contributed by atoms with Crippen LogP contribution in [0.1, 0.15) is 35.8 Å². The van der Waals surface area contributed by atoms with E-state index in [-0.39, 0.29) is 23.3 Å². The number of anilines is 3. The molecule has 3 aromatic rings. The fourth-order valence-electron chi connectivity index (χ4n) is 2.56. The minimum absolute atomic E-state index is 0.220. The van der Waals surface area contributed by atoms with Crippen molar-refractivity contribution in [3.05, 3.63) is 78.0 Å². The molecule has 1 heterocycles. The number of aromatic nitrogens is 2. The second kappa shape index (κ2) is 7.74. The predicted molar refractivity (Wildman–Crippen MR) is 100 cm³/mol. The molecule has 0 unspecified atom stereocenters. The van der Waals surface area contributed by atoms with Crippen molar-refractivity contribution < 1.29 is 9.18 Å². The number of halogens is 1. The number of carbonyl (C=O) groups is 1. The van der Waals surface area contributed by atoms with Crippen molar-refractivity contribution in [1.29, 1.82) is 0 Å². The third-order valence-electron chi connectivity index (χ3n) is 3.83. The molecule has 1 aromatic heterocycles. The lowest BCUT2D eigenvalue weighted by Gasteiger charge is -2.13. The lowest BCUT2D eigenvalue weighted by Crippen LogP contribution is -2.15. The van der Waals surface area contributed by atoms with Crippen LogP contribution in [0.15, 0.2) is 60.9 Å². The average molecular weight is 350 g/mol. The Hall–Kier alpha value is -3.28. The first-order valence-corrected chi connectivity index (χ1v) is 8.28. The van der Waals surface area contributed by atoms with Crippen LogP contribution < -0.4 is 10.6 Å². The van der Waals surface area contributed by atoms with Gasteiger partial charge in [0.15, 0.2) is 0 Å². The number of benzene rings is 2. The topological polar surface area (TPSA) is 66.9 Å². The molecule has 26 heavy (non-hydrogen) atoms. The van der Waals surface area contributed by atoms with Gasteiger partial charge >= 0.3 is 0 Å². The summed E-state index contributed by atoms with van der Waals surface area (Å²) in [6.07, 6.45) is 1.30. The summed E-state index contributed by atoms with van der Waals surface area (Å²) in [4.78, 5) is 20.7. The van der Waals surface area contributed by atoms with Gasteiger partial charge in [-0.05, 0) is 35.7 Å². The van der Waals surface area contributed by atoms with E-state index in [9.17, 15) is 9.18 Å². The van der Waals surface area contributed by atoms with Gasteiger partial charge < -0.3 is 10.6 Å². The Morgan fingerprint density at radius 3 is 2.62 bits per heavy atom. The normalized spacial score (nSPS) is 10.6. The number of amides is 1. The summed E-state index contributed by atoms with van der Waals surface area (Å²) in [7, 11) is 0. The molecule has 2 aromatic carbocycles. The van der Waals surface area contributed by atoms with E-state index in [1.807, 2.05) is 24.3 Å². The lowest BCUT2D eigenvalue weighted by atomic mass is 10.0. The molecule has 0 radical (unpaired) electrons. The van der Waals surface area contributed by atoms with Crippen molar-refractivity contribution in [3.63, 3.8) is 0 Å². The summed E-state index contributed by atoms with van der Waals surface area (Å²) in [5.41, 5.74) is 2.57. The van der Waals surface area contributed by atoms with Crippen LogP contribution >= 0.6 is 0 Å². The number of nitrogens with zero attached hydrogens (tertiary/aromatic N) is 2. The first-order valence-electron chi connectivity index (χ1n) is 8.28. The first-order chi connectivity index (χ1) is 12.5. The van der Waals surface area contributed by atoms with Crippen LogP contribution in [0, 0.1) is 5.82 Å². The molecule has 132 valence electrons. The first kappa shape index (κ1) is 17.5. The van der Waals surface area contributed by atoms with E-state index in [4.69, 9.17) is 0 Å². The van der Waals surface area contributed by atoms with E-state index < -0.39 is 0 Å². The number of hydrogen-bond donors (Lipinski definition) is 2. The molecule has 0 bridgehead atoms. The van der Waals surface area contributed by atoms with Gasteiger partial charge in [0, 0.05) is 17.4 Å². The van der Waals surface area contributed by atoms with Crippen LogP contribution in [0.4, 0.5) is 21.6 Å². The van der Waals surface area contributed by atoms with Gasteiger partial charge in [0.25, 0.3) is 5.91 Å². The molecule has 6 heteroatoms. The maximum Gasteiger partial charge on any atom is 0.274 e. The second-order valence-electron chi connectivity index (χ2n) is 6.12. The summed E-state index contributed by atoms with van der Waals surface area (Å²) in [6, 6.07) is 15.2. The zero-order valence-corrected chi connectivity index (χ0v) is 14.5. The molecular weight excluding hydrogens is 331 g/mol. The van der Waals surface area contributed by atoms with Crippen LogP contribution in [-0.4, -0.2) is 15.9 Å². The smallest absolute Gasteiger partial charge is 0.274 e. The molecule has 0 aliphatic rings. The molecule has 0 saturated heterocycles. The van der Waals surface area contributed by atoms with Crippen LogP contribution in [0.2, 0.25) is 0 Å². The fraction of sp³-hybridized carbons (Fsp3) is 0.150. The highest BCUT2D eigenvalue weighted by molar-refractivity contribution is 6.03. The van der Waals surface area contributed by atoms with E-state index >= 15 is 0 Å². The number of rotatable bonds is 5. The fourth-order valence-corrected chi connectivity index (χ4v) is 2.56. The Morgan fingerprint density at radius 1 is 1.04 bits per heavy atom. The molecule has 2 N–H and O–H groups in total. The molecule has 0 aliphatic carbocycles. The molecule has 3 rings (SSSR count). The molecule has 0 aliphatic heterocycles. The van der Waals surface area contributed by atoms with Gasteiger partial charge in [-0.15, -0.1) is 0 Å². The Morgan fingerprint density at radius 2 is 1.85 bits per heavy atom. The summed E-state index contributed by atoms with van der Waals surface area (Å²) in [5.74, 6) is 0.00473. The summed E-state index contributed by atoms with van der Waals surface area (Å²) >= 11 is 0. The second-order valence-corrected chi connectivity index (χ2v) is 6.12. The van der Waals surface area contributed by atoms with Gasteiger partial charge in [-0.1, -0.05) is 38.1 Å².